The lowest BCUT2D eigenvalue weighted by Gasteiger charge is -2.14. The Morgan fingerprint density at radius 3 is 2.55 bits per heavy atom. The fourth-order valence-electron chi connectivity index (χ4n) is 2.13. The summed E-state index contributed by atoms with van der Waals surface area (Å²) >= 11 is 3.51. The number of hydrogen-bond acceptors (Lipinski definition) is 3. The second-order valence-electron chi connectivity index (χ2n) is 4.52. The molecule has 0 spiro atoms. The number of methoxy groups -OCH3 is 2. The molecule has 0 saturated carbocycles. The molecule has 2 aromatic carbocycles. The van der Waals surface area contributed by atoms with E-state index in [0.29, 0.717) is 6.54 Å². The van der Waals surface area contributed by atoms with Crippen LogP contribution in [0.15, 0.2) is 40.9 Å². The van der Waals surface area contributed by atoms with Gasteiger partial charge in [-0.3, -0.25) is 0 Å². The summed E-state index contributed by atoms with van der Waals surface area (Å²) in [5, 5.41) is 3.40. The lowest BCUT2D eigenvalue weighted by Crippen LogP contribution is -2.03. The molecule has 0 aliphatic rings. The average molecular weight is 336 g/mol. The summed E-state index contributed by atoms with van der Waals surface area (Å²) in [5.74, 6) is 1.52. The molecule has 0 unspecified atom stereocenters. The molecule has 0 amide bonds. The highest BCUT2D eigenvalue weighted by Gasteiger charge is 2.09. The molecule has 0 saturated heterocycles. The van der Waals surface area contributed by atoms with Gasteiger partial charge in [0.15, 0.2) is 11.5 Å². The number of nitrogens with one attached hydrogen (secondary N) is 1. The van der Waals surface area contributed by atoms with E-state index in [1.807, 2.05) is 18.2 Å². The van der Waals surface area contributed by atoms with Crippen LogP contribution in [-0.4, -0.2) is 14.2 Å². The molecule has 0 fully saturated rings. The maximum absolute atomic E-state index is 5.43. The Balaban J connectivity index is 2.18. The third kappa shape index (κ3) is 3.45. The van der Waals surface area contributed by atoms with Crippen molar-refractivity contribution in [3.63, 3.8) is 0 Å². The minimum atomic E-state index is 0.677. The van der Waals surface area contributed by atoms with Gasteiger partial charge in [-0.2, -0.15) is 0 Å². The van der Waals surface area contributed by atoms with E-state index in [1.54, 1.807) is 14.2 Å². The SMILES string of the molecule is COc1cccc(CNc2cc(C)cc(Br)c2)c1OC. The summed E-state index contributed by atoms with van der Waals surface area (Å²) in [5.41, 5.74) is 3.34. The molecule has 2 aromatic rings. The average Bonchev–Trinajstić information content (AvgIpc) is 2.43. The molecular weight excluding hydrogens is 318 g/mol. The van der Waals surface area contributed by atoms with Crippen molar-refractivity contribution in [2.45, 2.75) is 13.5 Å². The van der Waals surface area contributed by atoms with Crippen LogP contribution in [0, 0.1) is 6.92 Å². The second-order valence-corrected chi connectivity index (χ2v) is 5.44. The Labute approximate surface area is 128 Å². The maximum atomic E-state index is 5.43. The van der Waals surface area contributed by atoms with E-state index >= 15 is 0 Å². The van der Waals surface area contributed by atoms with Crippen LogP contribution in [-0.2, 0) is 6.54 Å². The Kier molecular flexibility index (Phi) is 4.90. The largest absolute Gasteiger partial charge is 0.493 e. The molecule has 0 aliphatic carbocycles. The molecule has 3 nitrogen and oxygen atoms in total. The Morgan fingerprint density at radius 2 is 1.90 bits per heavy atom. The quantitative estimate of drug-likeness (QED) is 0.879. The molecular formula is C16H18BrNO2. The summed E-state index contributed by atoms with van der Waals surface area (Å²) < 4.78 is 11.8. The number of rotatable bonds is 5. The van der Waals surface area contributed by atoms with E-state index in [4.69, 9.17) is 9.47 Å². The Morgan fingerprint density at radius 1 is 1.10 bits per heavy atom. The summed E-state index contributed by atoms with van der Waals surface area (Å²) in [6, 6.07) is 12.1. The van der Waals surface area contributed by atoms with Crippen LogP contribution in [0.25, 0.3) is 0 Å². The van der Waals surface area contributed by atoms with Crippen molar-refractivity contribution in [1.29, 1.82) is 0 Å². The molecule has 106 valence electrons. The molecule has 2 rings (SSSR count). The molecule has 4 heteroatoms. The first-order valence-electron chi connectivity index (χ1n) is 6.35. The van der Waals surface area contributed by atoms with Crippen molar-refractivity contribution in [1.82, 2.24) is 0 Å². The summed E-state index contributed by atoms with van der Waals surface area (Å²) in [7, 11) is 3.30. The second kappa shape index (κ2) is 6.66. The summed E-state index contributed by atoms with van der Waals surface area (Å²) in [6.45, 7) is 2.75. The predicted molar refractivity (Wildman–Crippen MR) is 85.8 cm³/mol. The van der Waals surface area contributed by atoms with Crippen molar-refractivity contribution >= 4 is 21.6 Å². The molecule has 0 bridgehead atoms. The van der Waals surface area contributed by atoms with E-state index in [2.05, 4.69) is 46.4 Å². The molecule has 0 aliphatic heterocycles. The molecule has 0 aromatic heterocycles. The standard InChI is InChI=1S/C16H18BrNO2/c1-11-7-13(17)9-14(8-11)18-10-12-5-4-6-15(19-2)16(12)20-3/h4-9,18H,10H2,1-3H3. The van der Waals surface area contributed by atoms with Crippen LogP contribution in [0.5, 0.6) is 11.5 Å². The van der Waals surface area contributed by atoms with Crippen LogP contribution in [0.4, 0.5) is 5.69 Å². The third-order valence-corrected chi connectivity index (χ3v) is 3.47. The zero-order chi connectivity index (χ0) is 14.5. The van der Waals surface area contributed by atoms with Gasteiger partial charge in [0.05, 0.1) is 14.2 Å². The van der Waals surface area contributed by atoms with Gasteiger partial charge in [-0.15, -0.1) is 0 Å². The first-order chi connectivity index (χ1) is 9.63. The Bertz CT molecular complexity index is 579. The van der Waals surface area contributed by atoms with Gasteiger partial charge < -0.3 is 14.8 Å². The monoisotopic (exact) mass is 335 g/mol. The number of para-hydroxylation sites is 1. The summed E-state index contributed by atoms with van der Waals surface area (Å²) in [6.07, 6.45) is 0. The van der Waals surface area contributed by atoms with Crippen molar-refractivity contribution in [3.8, 4) is 11.5 Å². The van der Waals surface area contributed by atoms with E-state index in [1.165, 1.54) is 5.56 Å². The lowest BCUT2D eigenvalue weighted by molar-refractivity contribution is 0.352. The van der Waals surface area contributed by atoms with E-state index in [-0.39, 0.29) is 0 Å². The molecule has 20 heavy (non-hydrogen) atoms. The van der Waals surface area contributed by atoms with Gasteiger partial charge >= 0.3 is 0 Å². The first kappa shape index (κ1) is 14.7. The Hall–Kier alpha value is -1.68. The number of benzene rings is 2. The normalized spacial score (nSPS) is 10.2. The van der Waals surface area contributed by atoms with Crippen molar-refractivity contribution in [2.75, 3.05) is 19.5 Å². The van der Waals surface area contributed by atoms with E-state index in [9.17, 15) is 0 Å². The zero-order valence-corrected chi connectivity index (χ0v) is 13.5. The molecule has 0 heterocycles. The van der Waals surface area contributed by atoms with Crippen molar-refractivity contribution in [2.24, 2.45) is 0 Å². The van der Waals surface area contributed by atoms with Gasteiger partial charge in [-0.25, -0.2) is 0 Å². The predicted octanol–water partition coefficient (Wildman–Crippen LogP) is 4.39. The van der Waals surface area contributed by atoms with E-state index in [0.717, 1.165) is 27.2 Å². The fraction of sp³-hybridized carbons (Fsp3) is 0.250. The summed E-state index contributed by atoms with van der Waals surface area (Å²) in [4.78, 5) is 0. The van der Waals surface area contributed by atoms with Crippen molar-refractivity contribution in [3.05, 3.63) is 52.0 Å². The van der Waals surface area contributed by atoms with Crippen LogP contribution in [0.2, 0.25) is 0 Å². The number of anilines is 1. The van der Waals surface area contributed by atoms with Crippen LogP contribution in [0.3, 0.4) is 0 Å². The van der Waals surface area contributed by atoms with Gasteiger partial charge in [0.25, 0.3) is 0 Å². The number of hydrogen-bond donors (Lipinski definition) is 1. The number of halogens is 1. The van der Waals surface area contributed by atoms with E-state index < -0.39 is 0 Å². The maximum Gasteiger partial charge on any atom is 0.165 e. The van der Waals surface area contributed by atoms with Gasteiger partial charge in [0, 0.05) is 22.3 Å². The van der Waals surface area contributed by atoms with Crippen LogP contribution in [0.1, 0.15) is 11.1 Å². The fourth-order valence-corrected chi connectivity index (χ4v) is 2.74. The zero-order valence-electron chi connectivity index (χ0n) is 11.9. The van der Waals surface area contributed by atoms with Crippen LogP contribution >= 0.6 is 15.9 Å². The van der Waals surface area contributed by atoms with Gasteiger partial charge in [-0.05, 0) is 36.8 Å². The first-order valence-corrected chi connectivity index (χ1v) is 7.14. The topological polar surface area (TPSA) is 30.5 Å². The van der Waals surface area contributed by atoms with Crippen LogP contribution < -0.4 is 14.8 Å². The highest BCUT2D eigenvalue weighted by molar-refractivity contribution is 9.10. The van der Waals surface area contributed by atoms with Crippen molar-refractivity contribution < 1.29 is 9.47 Å². The highest BCUT2D eigenvalue weighted by Crippen LogP contribution is 2.31. The smallest absolute Gasteiger partial charge is 0.165 e. The molecule has 1 N–H and O–H groups in total. The number of aryl methyl sites for hydroxylation is 1. The third-order valence-electron chi connectivity index (χ3n) is 3.01. The minimum Gasteiger partial charge on any atom is -0.493 e. The molecule has 0 atom stereocenters. The highest BCUT2D eigenvalue weighted by atomic mass is 79.9. The minimum absolute atomic E-state index is 0.677. The lowest BCUT2D eigenvalue weighted by atomic mass is 10.1. The van der Waals surface area contributed by atoms with Gasteiger partial charge in [0.2, 0.25) is 0 Å². The van der Waals surface area contributed by atoms with Gasteiger partial charge in [-0.1, -0.05) is 28.1 Å². The molecule has 0 radical (unpaired) electrons. The van der Waals surface area contributed by atoms with Gasteiger partial charge in [0.1, 0.15) is 0 Å². The number of ether oxygens (including phenoxy) is 2.